The van der Waals surface area contributed by atoms with Crippen molar-refractivity contribution in [1.82, 2.24) is 10.2 Å². The molecule has 1 heterocycles. The lowest BCUT2D eigenvalue weighted by atomic mass is 10.1. The van der Waals surface area contributed by atoms with E-state index in [0.29, 0.717) is 5.69 Å². The molecule has 0 aliphatic heterocycles. The monoisotopic (exact) mass is 292 g/mol. The Labute approximate surface area is 128 Å². The molecule has 0 fully saturated rings. The fraction of sp³-hybridized carbons (Fsp3) is 0.118. The van der Waals surface area contributed by atoms with E-state index in [0.717, 1.165) is 26.9 Å². The summed E-state index contributed by atoms with van der Waals surface area (Å²) in [7, 11) is 3.93. The highest BCUT2D eigenvalue weighted by Crippen LogP contribution is 2.19. The Morgan fingerprint density at radius 3 is 2.50 bits per heavy atom. The maximum absolute atomic E-state index is 12.3. The van der Waals surface area contributed by atoms with Crippen molar-refractivity contribution in [3.63, 3.8) is 0 Å². The van der Waals surface area contributed by atoms with E-state index in [1.54, 1.807) is 18.3 Å². The average molecular weight is 292 g/mol. The van der Waals surface area contributed by atoms with Crippen LogP contribution >= 0.6 is 0 Å². The van der Waals surface area contributed by atoms with Crippen LogP contribution < -0.4 is 4.90 Å². The van der Waals surface area contributed by atoms with Crippen LogP contribution in [-0.2, 0) is 0 Å². The van der Waals surface area contributed by atoms with Crippen LogP contribution in [0.15, 0.2) is 54.7 Å². The molecule has 110 valence electrons. The molecule has 0 spiro atoms. The summed E-state index contributed by atoms with van der Waals surface area (Å²) in [4.78, 5) is 1.99. The topological polar surface area (TPSA) is 55.1 Å². The molecular weight excluding hydrogens is 276 g/mol. The third-order valence-corrected chi connectivity index (χ3v) is 3.45. The molecule has 0 aliphatic carbocycles. The number of hydrogen-bond donors (Lipinski definition) is 0. The van der Waals surface area contributed by atoms with E-state index in [-0.39, 0.29) is 0 Å². The van der Waals surface area contributed by atoms with Gasteiger partial charge in [-0.25, -0.2) is 0 Å². The molecule has 0 amide bonds. The van der Waals surface area contributed by atoms with E-state index >= 15 is 0 Å². The molecule has 0 atom stereocenters. The first kappa shape index (κ1) is 14.0. The Morgan fingerprint density at radius 1 is 1.05 bits per heavy atom. The van der Waals surface area contributed by atoms with Gasteiger partial charge >= 0.3 is 0 Å². The molecule has 2 aromatic carbocycles. The number of nitrogens with zero attached hydrogens (tertiary/aromatic N) is 4. The highest BCUT2D eigenvalue weighted by molar-refractivity contribution is 5.96. The van der Waals surface area contributed by atoms with Gasteiger partial charge in [0.1, 0.15) is 0 Å². The molecule has 0 radical (unpaired) electrons. The van der Waals surface area contributed by atoms with Gasteiger partial charge in [-0.05, 0) is 18.2 Å². The molecule has 0 N–H and O–H groups in total. The van der Waals surface area contributed by atoms with E-state index < -0.39 is 0 Å². The Balaban J connectivity index is 1.99. The van der Waals surface area contributed by atoms with Gasteiger partial charge in [-0.2, -0.15) is 14.9 Å². The Morgan fingerprint density at radius 2 is 1.77 bits per heavy atom. The van der Waals surface area contributed by atoms with Gasteiger partial charge in [0.05, 0.1) is 17.3 Å². The van der Waals surface area contributed by atoms with Crippen LogP contribution in [0.4, 0.5) is 11.4 Å². The molecule has 0 saturated heterocycles. The molecule has 0 unspecified atom stereocenters. The SMILES string of the molecule is CN(C)c1ccc(/[N+]([O-])=C\c2cnnc3ccccc23)cc1. The first-order valence-corrected chi connectivity index (χ1v) is 6.94. The Kier molecular flexibility index (Phi) is 3.70. The van der Waals surface area contributed by atoms with Crippen molar-refractivity contribution in [3.8, 4) is 0 Å². The zero-order chi connectivity index (χ0) is 15.5. The minimum Gasteiger partial charge on any atom is -0.618 e. The van der Waals surface area contributed by atoms with Crippen molar-refractivity contribution >= 4 is 28.5 Å². The third-order valence-electron chi connectivity index (χ3n) is 3.45. The summed E-state index contributed by atoms with van der Waals surface area (Å²) in [5, 5.41) is 21.2. The van der Waals surface area contributed by atoms with Crippen molar-refractivity contribution in [2.75, 3.05) is 19.0 Å². The van der Waals surface area contributed by atoms with Crippen LogP contribution in [0, 0.1) is 5.21 Å². The van der Waals surface area contributed by atoms with E-state index in [9.17, 15) is 5.21 Å². The van der Waals surface area contributed by atoms with Crippen LogP contribution in [0.25, 0.3) is 10.9 Å². The summed E-state index contributed by atoms with van der Waals surface area (Å²) >= 11 is 0. The summed E-state index contributed by atoms with van der Waals surface area (Å²) in [6, 6.07) is 15.1. The van der Waals surface area contributed by atoms with Crippen molar-refractivity contribution in [3.05, 3.63) is 65.5 Å². The lowest BCUT2D eigenvalue weighted by molar-refractivity contribution is -0.354. The van der Waals surface area contributed by atoms with Crippen LogP contribution in [0.5, 0.6) is 0 Å². The van der Waals surface area contributed by atoms with E-state index in [1.807, 2.05) is 55.4 Å². The number of anilines is 1. The van der Waals surface area contributed by atoms with E-state index in [1.165, 1.54) is 6.21 Å². The van der Waals surface area contributed by atoms with Gasteiger partial charge in [-0.15, -0.1) is 0 Å². The third kappa shape index (κ3) is 2.74. The summed E-state index contributed by atoms with van der Waals surface area (Å²) in [5.74, 6) is 0. The zero-order valence-corrected chi connectivity index (χ0v) is 12.5. The smallest absolute Gasteiger partial charge is 0.216 e. The number of aromatic nitrogens is 2. The van der Waals surface area contributed by atoms with Crippen LogP contribution in [-0.4, -0.2) is 35.2 Å². The lowest BCUT2D eigenvalue weighted by Crippen LogP contribution is -2.08. The minimum atomic E-state index is 0.575. The van der Waals surface area contributed by atoms with Crippen LogP contribution in [0.1, 0.15) is 5.56 Å². The molecule has 3 rings (SSSR count). The normalized spacial score (nSPS) is 11.6. The fourth-order valence-electron chi connectivity index (χ4n) is 2.23. The average Bonchev–Trinajstić information content (AvgIpc) is 2.55. The van der Waals surface area contributed by atoms with Gasteiger partial charge in [0.25, 0.3) is 0 Å². The standard InChI is InChI=1S/C17H16N4O/c1-20(2)14-7-9-15(10-8-14)21(22)12-13-11-18-19-17-6-4-3-5-16(13)17/h3-12H,1-2H3/b21-12+. The first-order chi connectivity index (χ1) is 10.6. The number of hydrogen-bond acceptors (Lipinski definition) is 4. The van der Waals surface area contributed by atoms with Crippen LogP contribution in [0.3, 0.4) is 0 Å². The van der Waals surface area contributed by atoms with Gasteiger partial charge in [-0.1, -0.05) is 18.2 Å². The Hall–Kier alpha value is -2.95. The molecular formula is C17H16N4O. The summed E-state index contributed by atoms with van der Waals surface area (Å²) in [6.07, 6.45) is 3.13. The zero-order valence-electron chi connectivity index (χ0n) is 12.5. The van der Waals surface area contributed by atoms with E-state index in [4.69, 9.17) is 0 Å². The molecule has 5 nitrogen and oxygen atoms in total. The molecule has 22 heavy (non-hydrogen) atoms. The highest BCUT2D eigenvalue weighted by atomic mass is 16.5. The summed E-state index contributed by atoms with van der Waals surface area (Å²) < 4.78 is 0.850. The lowest BCUT2D eigenvalue weighted by Gasteiger charge is -2.12. The predicted octanol–water partition coefficient (Wildman–Crippen LogP) is 2.96. The molecule has 5 heteroatoms. The van der Waals surface area contributed by atoms with E-state index in [2.05, 4.69) is 10.2 Å². The molecule has 1 aromatic heterocycles. The second kappa shape index (κ2) is 5.81. The number of fused-ring (bicyclic) bond motifs is 1. The fourth-order valence-corrected chi connectivity index (χ4v) is 2.23. The van der Waals surface area contributed by atoms with Crippen molar-refractivity contribution in [2.45, 2.75) is 0 Å². The first-order valence-electron chi connectivity index (χ1n) is 6.94. The summed E-state index contributed by atoms with van der Waals surface area (Å²) in [5.41, 5.74) is 3.14. The molecule has 3 aromatic rings. The van der Waals surface area contributed by atoms with Gasteiger partial charge in [-0.3, -0.25) is 0 Å². The second-order valence-corrected chi connectivity index (χ2v) is 5.18. The van der Waals surface area contributed by atoms with Gasteiger partial charge in [0, 0.05) is 37.3 Å². The molecule has 0 aliphatic rings. The second-order valence-electron chi connectivity index (χ2n) is 5.18. The molecule has 0 saturated carbocycles. The maximum atomic E-state index is 12.3. The predicted molar refractivity (Wildman–Crippen MR) is 88.8 cm³/mol. The van der Waals surface area contributed by atoms with Crippen LogP contribution in [0.2, 0.25) is 0 Å². The Bertz CT molecular complexity index is 820. The summed E-state index contributed by atoms with van der Waals surface area (Å²) in [6.45, 7) is 0. The quantitative estimate of drug-likeness (QED) is 0.322. The van der Waals surface area contributed by atoms with Gasteiger partial charge < -0.3 is 10.1 Å². The largest absolute Gasteiger partial charge is 0.618 e. The number of rotatable bonds is 3. The van der Waals surface area contributed by atoms with Crippen molar-refractivity contribution in [1.29, 1.82) is 0 Å². The van der Waals surface area contributed by atoms with Crippen molar-refractivity contribution < 1.29 is 4.74 Å². The van der Waals surface area contributed by atoms with Crippen molar-refractivity contribution in [2.24, 2.45) is 0 Å². The highest BCUT2D eigenvalue weighted by Gasteiger charge is 2.06. The van der Waals surface area contributed by atoms with Gasteiger partial charge in [0.15, 0.2) is 6.21 Å². The van der Waals surface area contributed by atoms with Gasteiger partial charge in [0.2, 0.25) is 5.69 Å². The minimum absolute atomic E-state index is 0.575. The number of benzene rings is 2. The maximum Gasteiger partial charge on any atom is 0.216 e. The molecule has 0 bridgehead atoms.